The smallest absolute Gasteiger partial charge is 0.248 e. The molecule has 1 aromatic carbocycles. The quantitative estimate of drug-likeness (QED) is 0.688. The average Bonchev–Trinajstić information content (AvgIpc) is 3.34. The Balaban J connectivity index is 1.61. The molecule has 4 rings (SSSR count). The average molecular weight is 435 g/mol. The van der Waals surface area contributed by atoms with Crippen LogP contribution in [0.2, 0.25) is 0 Å². The number of fused-ring (bicyclic) bond motifs is 1. The molecule has 0 N–H and O–H groups in total. The third kappa shape index (κ3) is 4.55. The van der Waals surface area contributed by atoms with Crippen molar-refractivity contribution in [2.75, 3.05) is 16.4 Å². The first-order valence-electron chi connectivity index (χ1n) is 10.7. The highest BCUT2D eigenvalue weighted by molar-refractivity contribution is 8.16. The number of hydrogen-bond donors (Lipinski definition) is 0. The van der Waals surface area contributed by atoms with Crippen LogP contribution >= 0.6 is 11.8 Å². The molecule has 29 heavy (non-hydrogen) atoms. The zero-order valence-corrected chi connectivity index (χ0v) is 18.8. The molecule has 158 valence electrons. The molecule has 2 saturated heterocycles. The summed E-state index contributed by atoms with van der Waals surface area (Å²) in [5.74, 6) is 1.18. The second kappa shape index (κ2) is 8.42. The maximum atomic E-state index is 12.7. The molecule has 5 nitrogen and oxygen atoms in total. The van der Waals surface area contributed by atoms with Gasteiger partial charge in [0.25, 0.3) is 0 Å². The predicted molar refractivity (Wildman–Crippen MR) is 120 cm³/mol. The van der Waals surface area contributed by atoms with Gasteiger partial charge in [0.2, 0.25) is 5.91 Å². The summed E-state index contributed by atoms with van der Waals surface area (Å²) in [6.45, 7) is 4.27. The molecule has 2 heterocycles. The number of aliphatic imine (C=N–C) groups is 1. The molecule has 7 heteroatoms. The lowest BCUT2D eigenvalue weighted by Crippen LogP contribution is -2.38. The van der Waals surface area contributed by atoms with Gasteiger partial charge in [-0.05, 0) is 29.9 Å². The van der Waals surface area contributed by atoms with E-state index in [-0.39, 0.29) is 28.7 Å². The third-order valence-corrected chi connectivity index (χ3v) is 9.56. The van der Waals surface area contributed by atoms with E-state index in [0.29, 0.717) is 23.4 Å². The van der Waals surface area contributed by atoms with E-state index < -0.39 is 9.84 Å². The Hall–Kier alpha value is -1.34. The topological polar surface area (TPSA) is 66.8 Å². The van der Waals surface area contributed by atoms with E-state index in [4.69, 9.17) is 0 Å². The van der Waals surface area contributed by atoms with Gasteiger partial charge < -0.3 is 4.90 Å². The van der Waals surface area contributed by atoms with E-state index >= 15 is 0 Å². The highest BCUT2D eigenvalue weighted by Gasteiger charge is 2.49. The maximum Gasteiger partial charge on any atom is 0.248 e. The number of thioether (sulfide) groups is 1. The Bertz CT molecular complexity index is 904. The van der Waals surface area contributed by atoms with Crippen LogP contribution in [0.25, 0.3) is 0 Å². The molecule has 1 amide bonds. The van der Waals surface area contributed by atoms with Crippen LogP contribution in [0.4, 0.5) is 5.69 Å². The van der Waals surface area contributed by atoms with Crippen molar-refractivity contribution in [3.05, 3.63) is 29.8 Å². The largest absolute Gasteiger partial charge is 0.315 e. The molecule has 0 unspecified atom stereocenters. The zero-order valence-electron chi connectivity index (χ0n) is 17.2. The number of anilines is 1. The number of rotatable bonds is 5. The minimum absolute atomic E-state index is 0.0541. The third-order valence-electron chi connectivity index (χ3n) is 6.35. The Kier molecular flexibility index (Phi) is 6.07. The van der Waals surface area contributed by atoms with Crippen molar-refractivity contribution in [1.82, 2.24) is 0 Å². The molecule has 1 saturated carbocycles. The van der Waals surface area contributed by atoms with Crippen LogP contribution < -0.4 is 4.90 Å². The summed E-state index contributed by atoms with van der Waals surface area (Å²) in [7, 11) is -3.06. The van der Waals surface area contributed by atoms with Crippen LogP contribution in [0.5, 0.6) is 0 Å². The van der Waals surface area contributed by atoms with Gasteiger partial charge in [0.1, 0.15) is 0 Å². The van der Waals surface area contributed by atoms with E-state index in [2.05, 4.69) is 24.9 Å². The van der Waals surface area contributed by atoms with Gasteiger partial charge in [0, 0.05) is 17.4 Å². The van der Waals surface area contributed by atoms with Gasteiger partial charge >= 0.3 is 0 Å². The summed E-state index contributed by atoms with van der Waals surface area (Å²) < 4.78 is 24.5. The van der Waals surface area contributed by atoms with Gasteiger partial charge in [0.05, 0.1) is 17.5 Å². The molecule has 3 fully saturated rings. The molecule has 0 spiro atoms. The molecule has 3 aliphatic rings. The molecular weight excluding hydrogens is 404 g/mol. The Morgan fingerprint density at radius 3 is 2.66 bits per heavy atom. The van der Waals surface area contributed by atoms with Gasteiger partial charge in [-0.3, -0.25) is 4.79 Å². The number of para-hydroxylation sites is 1. The Labute approximate surface area is 178 Å². The van der Waals surface area contributed by atoms with Crippen molar-refractivity contribution < 1.29 is 13.2 Å². The first-order valence-corrected chi connectivity index (χ1v) is 13.4. The van der Waals surface area contributed by atoms with Crippen molar-refractivity contribution in [3.8, 4) is 0 Å². The summed E-state index contributed by atoms with van der Waals surface area (Å²) >= 11 is 1.47. The van der Waals surface area contributed by atoms with Crippen molar-refractivity contribution in [2.24, 2.45) is 10.9 Å². The molecule has 1 aromatic rings. The number of carbonyl (C=O) groups is 1. The lowest BCUT2D eigenvalue weighted by atomic mass is 9.99. The monoisotopic (exact) mass is 434 g/mol. The number of sulfone groups is 1. The fourth-order valence-corrected chi connectivity index (χ4v) is 8.75. The van der Waals surface area contributed by atoms with E-state index in [0.717, 1.165) is 17.7 Å². The van der Waals surface area contributed by atoms with Gasteiger partial charge in [-0.25, -0.2) is 8.42 Å². The molecule has 2 aliphatic heterocycles. The van der Waals surface area contributed by atoms with Gasteiger partial charge in [-0.1, -0.05) is 69.5 Å². The van der Waals surface area contributed by atoms with Crippen LogP contribution in [-0.2, 0) is 14.6 Å². The number of carbonyl (C=O) groups excluding carboxylic acids is 1. The number of nitrogens with zero attached hydrogens (tertiary/aromatic N) is 2. The maximum absolute atomic E-state index is 12.7. The van der Waals surface area contributed by atoms with E-state index in [1.807, 2.05) is 23.1 Å². The fraction of sp³-hybridized carbons (Fsp3) is 0.636. The molecule has 0 aromatic heterocycles. The van der Waals surface area contributed by atoms with Gasteiger partial charge in [-0.15, -0.1) is 0 Å². The number of benzene rings is 1. The Morgan fingerprint density at radius 2 is 1.93 bits per heavy atom. The molecule has 2 atom stereocenters. The van der Waals surface area contributed by atoms with Crippen molar-refractivity contribution >= 4 is 38.4 Å². The summed E-state index contributed by atoms with van der Waals surface area (Å²) in [6, 6.07) is 7.95. The highest BCUT2D eigenvalue weighted by Crippen LogP contribution is 2.43. The van der Waals surface area contributed by atoms with E-state index in [9.17, 15) is 13.2 Å². The van der Waals surface area contributed by atoms with Crippen LogP contribution in [-0.4, -0.2) is 42.3 Å². The van der Waals surface area contributed by atoms with Crippen LogP contribution in [0.3, 0.4) is 0 Å². The SMILES string of the molecule is CC(C)c1ccccc1N1C(=NC(=O)CCC2CCCC2)S[C@H]2CS(=O)(=O)C[C@H]21. The first-order chi connectivity index (χ1) is 13.8. The second-order valence-corrected chi connectivity index (χ2v) is 12.2. The Morgan fingerprint density at radius 1 is 1.21 bits per heavy atom. The van der Waals surface area contributed by atoms with Crippen LogP contribution in [0.1, 0.15) is 63.9 Å². The highest BCUT2D eigenvalue weighted by atomic mass is 32.2. The second-order valence-electron chi connectivity index (χ2n) is 8.86. The summed E-state index contributed by atoms with van der Waals surface area (Å²) in [4.78, 5) is 19.2. The lowest BCUT2D eigenvalue weighted by molar-refractivity contribution is -0.118. The van der Waals surface area contributed by atoms with Crippen molar-refractivity contribution in [1.29, 1.82) is 0 Å². The molecule has 0 bridgehead atoms. The molecular formula is C22H30N2O3S2. The van der Waals surface area contributed by atoms with Crippen molar-refractivity contribution in [3.63, 3.8) is 0 Å². The number of amidine groups is 1. The number of amides is 1. The predicted octanol–water partition coefficient (Wildman–Crippen LogP) is 4.38. The van der Waals surface area contributed by atoms with E-state index in [1.165, 1.54) is 37.4 Å². The normalized spacial score (nSPS) is 27.8. The summed E-state index contributed by atoms with van der Waals surface area (Å²) in [5.41, 5.74) is 2.14. The summed E-state index contributed by atoms with van der Waals surface area (Å²) in [6.07, 6.45) is 6.43. The minimum atomic E-state index is -3.06. The molecule has 1 aliphatic carbocycles. The first kappa shape index (κ1) is 20.9. The zero-order chi connectivity index (χ0) is 20.6. The standard InChI is InChI=1S/C22H30N2O3S2/c1-15(2)17-9-5-6-10-18(17)24-19-13-29(26,27)14-20(19)28-22(24)23-21(25)12-11-16-7-3-4-8-16/h5-6,9-10,15-16,19-20H,3-4,7-8,11-14H2,1-2H3/t19-,20+/m1/s1. The van der Waals surface area contributed by atoms with E-state index in [1.54, 1.807) is 0 Å². The minimum Gasteiger partial charge on any atom is -0.315 e. The van der Waals surface area contributed by atoms with Crippen LogP contribution in [0.15, 0.2) is 29.3 Å². The van der Waals surface area contributed by atoms with Gasteiger partial charge in [-0.2, -0.15) is 4.99 Å². The number of hydrogen-bond acceptors (Lipinski definition) is 4. The van der Waals surface area contributed by atoms with Crippen molar-refractivity contribution in [2.45, 2.75) is 69.6 Å². The van der Waals surface area contributed by atoms with Crippen LogP contribution in [0, 0.1) is 5.92 Å². The van der Waals surface area contributed by atoms with Gasteiger partial charge in [0.15, 0.2) is 15.0 Å². The fourth-order valence-electron chi connectivity index (χ4n) is 4.83. The summed E-state index contributed by atoms with van der Waals surface area (Å²) in [5, 5.41) is 0.626. The lowest BCUT2D eigenvalue weighted by Gasteiger charge is -2.28. The molecule has 0 radical (unpaired) electrons.